The molecule has 0 aliphatic rings. The van der Waals surface area contributed by atoms with Crippen LogP contribution in [0.5, 0.6) is 0 Å². The van der Waals surface area contributed by atoms with Crippen molar-refractivity contribution in [1.82, 2.24) is 0 Å². The largest absolute Gasteiger partial charge is 0.480 e. The Kier molecular flexibility index (Phi) is 8.66. The third-order valence-electron chi connectivity index (χ3n) is 3.29. The van der Waals surface area contributed by atoms with Crippen LogP contribution < -0.4 is 5.73 Å². The van der Waals surface area contributed by atoms with Gasteiger partial charge >= 0.3 is 5.97 Å². The fourth-order valence-corrected chi connectivity index (χ4v) is 2.06. The van der Waals surface area contributed by atoms with Crippen LogP contribution in [-0.4, -0.2) is 42.0 Å². The number of carboxylic acids is 1. The maximum absolute atomic E-state index is 10.7. The van der Waals surface area contributed by atoms with E-state index in [1.165, 1.54) is 5.56 Å². The number of nitrogens with two attached hydrogens (primary N) is 1. The maximum atomic E-state index is 10.7. The first kappa shape index (κ1) is 17.6. The summed E-state index contributed by atoms with van der Waals surface area (Å²) in [6.07, 6.45) is 4.56. The van der Waals surface area contributed by atoms with E-state index in [1.807, 2.05) is 24.3 Å². The minimum absolute atomic E-state index is 0.0812. The first-order valence-corrected chi connectivity index (χ1v) is 7.38. The number of ether oxygens (including phenoxy) is 1. The van der Waals surface area contributed by atoms with E-state index in [0.29, 0.717) is 19.6 Å². The summed E-state index contributed by atoms with van der Waals surface area (Å²) < 4.78 is 5.20. The van der Waals surface area contributed by atoms with Crippen LogP contribution in [0.3, 0.4) is 0 Å². The first-order chi connectivity index (χ1) is 10.1. The highest BCUT2D eigenvalue weighted by Crippen LogP contribution is 2.10. The van der Waals surface area contributed by atoms with Crippen LogP contribution >= 0.6 is 0 Å². The molecule has 0 saturated heterocycles. The van der Waals surface area contributed by atoms with E-state index >= 15 is 0 Å². The minimum Gasteiger partial charge on any atom is -0.480 e. The smallest absolute Gasteiger partial charge is 0.320 e. The van der Waals surface area contributed by atoms with Gasteiger partial charge in [-0.1, -0.05) is 30.7 Å². The number of rotatable bonds is 11. The summed E-state index contributed by atoms with van der Waals surface area (Å²) in [7, 11) is 0. The highest BCUT2D eigenvalue weighted by molar-refractivity contribution is 5.73. The van der Waals surface area contributed by atoms with Gasteiger partial charge in [0.05, 0.1) is 13.2 Å². The number of carboxylic acid groups (broad SMARTS) is 1. The molecule has 0 heterocycles. The summed E-state index contributed by atoms with van der Waals surface area (Å²) in [6.45, 7) is 1.20. The SMILES string of the molecule is NC(Cc1ccc(CCCCCOCCO)cc1)C(=O)O. The minimum atomic E-state index is -0.970. The van der Waals surface area contributed by atoms with Crippen molar-refractivity contribution in [1.29, 1.82) is 0 Å². The van der Waals surface area contributed by atoms with Crippen molar-refractivity contribution in [3.8, 4) is 0 Å². The number of hydrogen-bond donors (Lipinski definition) is 3. The summed E-state index contributed by atoms with van der Waals surface area (Å²) in [5, 5.41) is 17.3. The Balaban J connectivity index is 2.20. The predicted molar refractivity (Wildman–Crippen MR) is 81.2 cm³/mol. The monoisotopic (exact) mass is 295 g/mol. The van der Waals surface area contributed by atoms with Crippen LogP contribution in [0, 0.1) is 0 Å². The fourth-order valence-electron chi connectivity index (χ4n) is 2.06. The van der Waals surface area contributed by atoms with Crippen molar-refractivity contribution in [3.05, 3.63) is 35.4 Å². The fraction of sp³-hybridized carbons (Fsp3) is 0.562. The highest BCUT2D eigenvalue weighted by atomic mass is 16.5. The number of aryl methyl sites for hydroxylation is 1. The summed E-state index contributed by atoms with van der Waals surface area (Å²) in [6, 6.07) is 7.12. The molecule has 118 valence electrons. The molecule has 0 radical (unpaired) electrons. The lowest BCUT2D eigenvalue weighted by molar-refractivity contribution is -0.138. The van der Waals surface area contributed by atoms with Crippen LogP contribution in [0.2, 0.25) is 0 Å². The Bertz CT molecular complexity index is 405. The Labute approximate surface area is 125 Å². The third-order valence-corrected chi connectivity index (χ3v) is 3.29. The van der Waals surface area contributed by atoms with Crippen molar-refractivity contribution < 1.29 is 19.7 Å². The zero-order valence-electron chi connectivity index (χ0n) is 12.3. The second-order valence-corrected chi connectivity index (χ2v) is 5.11. The molecule has 1 aromatic carbocycles. The topological polar surface area (TPSA) is 92.8 Å². The molecule has 0 bridgehead atoms. The maximum Gasteiger partial charge on any atom is 0.320 e. The second kappa shape index (κ2) is 10.3. The number of carbonyl (C=O) groups is 1. The molecule has 5 nitrogen and oxygen atoms in total. The van der Waals surface area contributed by atoms with E-state index < -0.39 is 12.0 Å². The Hall–Kier alpha value is -1.43. The van der Waals surface area contributed by atoms with Crippen LogP contribution in [0.15, 0.2) is 24.3 Å². The zero-order valence-corrected chi connectivity index (χ0v) is 12.3. The van der Waals surface area contributed by atoms with E-state index in [0.717, 1.165) is 31.2 Å². The van der Waals surface area contributed by atoms with Gasteiger partial charge in [-0.05, 0) is 36.8 Å². The number of aliphatic hydroxyl groups is 1. The Morgan fingerprint density at radius 3 is 2.38 bits per heavy atom. The molecular weight excluding hydrogens is 270 g/mol. The van der Waals surface area contributed by atoms with Crippen molar-refractivity contribution in [2.45, 2.75) is 38.1 Å². The number of aliphatic carboxylic acids is 1. The van der Waals surface area contributed by atoms with Gasteiger partial charge < -0.3 is 20.7 Å². The molecule has 1 aromatic rings. The van der Waals surface area contributed by atoms with Crippen LogP contribution in [0.4, 0.5) is 0 Å². The summed E-state index contributed by atoms with van der Waals surface area (Å²) in [5.74, 6) is -0.970. The lowest BCUT2D eigenvalue weighted by atomic mass is 10.0. The Morgan fingerprint density at radius 1 is 1.10 bits per heavy atom. The van der Waals surface area contributed by atoms with E-state index in [2.05, 4.69) is 0 Å². The van der Waals surface area contributed by atoms with Gasteiger partial charge in [0.25, 0.3) is 0 Å². The molecule has 0 aromatic heterocycles. The van der Waals surface area contributed by atoms with Gasteiger partial charge in [0.1, 0.15) is 6.04 Å². The van der Waals surface area contributed by atoms with Crippen LogP contribution in [-0.2, 0) is 22.4 Å². The molecule has 5 heteroatoms. The molecule has 21 heavy (non-hydrogen) atoms. The normalized spacial score (nSPS) is 12.3. The molecule has 0 aliphatic carbocycles. The number of benzene rings is 1. The predicted octanol–water partition coefficient (Wildman–Crippen LogP) is 1.36. The highest BCUT2D eigenvalue weighted by Gasteiger charge is 2.11. The second-order valence-electron chi connectivity index (χ2n) is 5.11. The van der Waals surface area contributed by atoms with Gasteiger partial charge in [-0.2, -0.15) is 0 Å². The van der Waals surface area contributed by atoms with Crippen LogP contribution in [0.1, 0.15) is 30.4 Å². The summed E-state index contributed by atoms with van der Waals surface area (Å²) >= 11 is 0. The van der Waals surface area contributed by atoms with E-state index in [1.54, 1.807) is 0 Å². The van der Waals surface area contributed by atoms with Gasteiger partial charge in [0.15, 0.2) is 0 Å². The van der Waals surface area contributed by atoms with Gasteiger partial charge in [-0.15, -0.1) is 0 Å². The average molecular weight is 295 g/mol. The van der Waals surface area contributed by atoms with E-state index in [-0.39, 0.29) is 6.61 Å². The van der Waals surface area contributed by atoms with Crippen molar-refractivity contribution >= 4 is 5.97 Å². The van der Waals surface area contributed by atoms with Gasteiger partial charge in [0.2, 0.25) is 0 Å². The average Bonchev–Trinajstić information content (AvgIpc) is 2.48. The summed E-state index contributed by atoms with van der Waals surface area (Å²) in [5.41, 5.74) is 7.71. The molecule has 0 amide bonds. The first-order valence-electron chi connectivity index (χ1n) is 7.38. The number of hydrogen-bond acceptors (Lipinski definition) is 4. The quantitative estimate of drug-likeness (QED) is 0.536. The Morgan fingerprint density at radius 2 is 1.76 bits per heavy atom. The lowest BCUT2D eigenvalue weighted by Gasteiger charge is -2.07. The molecule has 0 saturated carbocycles. The molecule has 0 fully saturated rings. The summed E-state index contributed by atoms with van der Waals surface area (Å²) in [4.78, 5) is 10.7. The third kappa shape index (κ3) is 7.80. The van der Waals surface area contributed by atoms with Gasteiger partial charge in [0, 0.05) is 6.61 Å². The van der Waals surface area contributed by atoms with Crippen LogP contribution in [0.25, 0.3) is 0 Å². The molecule has 0 spiro atoms. The van der Waals surface area contributed by atoms with E-state index in [9.17, 15) is 4.79 Å². The van der Waals surface area contributed by atoms with Crippen molar-refractivity contribution in [3.63, 3.8) is 0 Å². The molecule has 1 unspecified atom stereocenters. The number of unbranched alkanes of at least 4 members (excludes halogenated alkanes) is 2. The standard InChI is InChI=1S/C16H25NO4/c17-15(16(19)20)12-14-7-5-13(6-8-14)4-2-1-3-10-21-11-9-18/h5-8,15,18H,1-4,9-12,17H2,(H,19,20). The molecule has 0 aliphatic heterocycles. The zero-order chi connectivity index (χ0) is 15.5. The molecular formula is C16H25NO4. The van der Waals surface area contributed by atoms with Crippen molar-refractivity contribution in [2.24, 2.45) is 5.73 Å². The molecule has 1 rings (SSSR count). The van der Waals surface area contributed by atoms with E-state index in [4.69, 9.17) is 20.7 Å². The lowest BCUT2D eigenvalue weighted by Crippen LogP contribution is -2.32. The molecule has 4 N–H and O–H groups in total. The van der Waals surface area contributed by atoms with Gasteiger partial charge in [-0.3, -0.25) is 4.79 Å². The number of aliphatic hydroxyl groups excluding tert-OH is 1. The molecule has 1 atom stereocenters. The van der Waals surface area contributed by atoms with Gasteiger partial charge in [-0.25, -0.2) is 0 Å². The van der Waals surface area contributed by atoms with Crippen molar-refractivity contribution in [2.75, 3.05) is 19.8 Å².